The molecule has 0 aliphatic carbocycles. The van der Waals surface area contributed by atoms with E-state index in [9.17, 15) is 9.59 Å². The van der Waals surface area contributed by atoms with Crippen molar-refractivity contribution in [2.45, 2.75) is 168 Å². The van der Waals surface area contributed by atoms with E-state index < -0.39 is 5.41 Å². The fourth-order valence-electron chi connectivity index (χ4n) is 12.0. The largest absolute Gasteiger partial charge is 2.00 e. The molecule has 0 unspecified atom stereocenters. The maximum Gasteiger partial charge on any atom is 2.00 e. The first-order valence-corrected chi connectivity index (χ1v) is 33.6. The summed E-state index contributed by atoms with van der Waals surface area (Å²) in [7, 11) is 0. The first kappa shape index (κ1) is 72.0. The number of hydrogen-bond acceptors (Lipinski definition) is 9. The summed E-state index contributed by atoms with van der Waals surface area (Å²) >= 11 is 0. The van der Waals surface area contributed by atoms with Crippen LogP contribution in [0.25, 0.3) is 11.4 Å². The summed E-state index contributed by atoms with van der Waals surface area (Å²) in [5.74, 6) is 2.25. The van der Waals surface area contributed by atoms with E-state index in [1.54, 1.807) is 4.90 Å². The van der Waals surface area contributed by atoms with Crippen molar-refractivity contribution in [2.24, 2.45) is 0 Å². The Hall–Kier alpha value is -7.86. The number of ether oxygens (including phenoxy) is 5. The number of carbonyl (C=O) groups is 2. The number of nitrogens with zero attached hydrogens (tertiary/aromatic N) is 4. The van der Waals surface area contributed by atoms with E-state index in [1.165, 1.54) is 82.9 Å². The van der Waals surface area contributed by atoms with E-state index in [0.29, 0.717) is 59.1 Å². The van der Waals surface area contributed by atoms with Crippen molar-refractivity contribution in [1.82, 2.24) is 19.8 Å². The molecule has 13 rings (SSSR count). The number of benzene rings is 6. The topological polar surface area (TPSA) is 113 Å². The number of rotatable bonds is 10. The van der Waals surface area contributed by atoms with Gasteiger partial charge in [0.2, 0.25) is 0 Å². The van der Waals surface area contributed by atoms with Crippen LogP contribution in [-0.2, 0) is 79.4 Å². The van der Waals surface area contributed by atoms with Crippen molar-refractivity contribution >= 4 is 11.9 Å². The molecule has 1 fully saturated rings. The van der Waals surface area contributed by atoms with Gasteiger partial charge in [-0.05, 0) is 152 Å². The second-order valence-electron chi connectivity index (χ2n) is 27.7. The number of pyridine rings is 2. The Morgan fingerprint density at radius 1 is 0.479 bits per heavy atom. The number of imide groups is 1. The van der Waals surface area contributed by atoms with Crippen LogP contribution in [0.5, 0.6) is 17.2 Å². The van der Waals surface area contributed by atoms with Gasteiger partial charge in [-0.25, -0.2) is 14.8 Å². The first-order chi connectivity index (χ1) is 44.8. The van der Waals surface area contributed by atoms with E-state index in [1.807, 2.05) is 60.7 Å². The van der Waals surface area contributed by atoms with Crippen molar-refractivity contribution in [3.05, 3.63) is 256 Å². The smallest absolute Gasteiger partial charge is 0.494 e. The summed E-state index contributed by atoms with van der Waals surface area (Å²) in [6, 6.07) is 64.1. The molecule has 6 aromatic carbocycles. The van der Waals surface area contributed by atoms with E-state index >= 15 is 0 Å². The van der Waals surface area contributed by atoms with Crippen molar-refractivity contribution in [2.75, 3.05) is 39.5 Å². The van der Waals surface area contributed by atoms with Crippen molar-refractivity contribution in [1.29, 1.82) is 0 Å². The van der Waals surface area contributed by atoms with Crippen molar-refractivity contribution < 1.29 is 50.3 Å². The summed E-state index contributed by atoms with van der Waals surface area (Å²) in [6.07, 6.45) is 11.6. The minimum absolute atomic E-state index is 0. The van der Waals surface area contributed by atoms with Crippen LogP contribution in [0.3, 0.4) is 0 Å². The Morgan fingerprint density at radius 2 is 0.851 bits per heavy atom. The molecule has 94 heavy (non-hydrogen) atoms. The molecule has 7 heterocycles. The second-order valence-corrected chi connectivity index (χ2v) is 27.7. The Morgan fingerprint density at radius 3 is 1.23 bits per heavy atom. The van der Waals surface area contributed by atoms with Gasteiger partial charge in [0.25, 0.3) is 5.91 Å². The molecule has 8 aromatic rings. The SMILES string of the molecule is C=CC(=O)N1CCN(CCCOc2ccc(C(c3ccc(C(C)(C)C)cc3)(c3ccc(C(C)(C)C)cc3)c3ccc(C(C)(C)C)cc3)cc2)C1=O.[Cu+2].c1cc2nc(c1)-c1cccc(n1)COCc1ccc(cc1)OCCCCCCCCCCOc1ccc(cc1)COC2. The van der Waals surface area contributed by atoms with E-state index in [2.05, 4.69) is 190 Å². The minimum atomic E-state index is -0.591. The van der Waals surface area contributed by atoms with Crippen LogP contribution in [0, 0.1) is 0 Å². The summed E-state index contributed by atoms with van der Waals surface area (Å²) in [4.78, 5) is 37.1. The molecule has 5 aliphatic rings. The maximum atomic E-state index is 12.6. The molecule has 12 heteroatoms. The third-order valence-electron chi connectivity index (χ3n) is 17.6. The third kappa shape index (κ3) is 19.9. The van der Waals surface area contributed by atoms with Gasteiger partial charge >= 0.3 is 23.1 Å². The van der Waals surface area contributed by atoms with Crippen LogP contribution >= 0.6 is 0 Å². The fraction of sp³-hybridized carbons (Fsp3) is 0.390. The third-order valence-corrected chi connectivity index (χ3v) is 17.6. The summed E-state index contributed by atoms with van der Waals surface area (Å²) in [5, 5.41) is 0. The van der Waals surface area contributed by atoms with Crippen molar-refractivity contribution in [3.63, 3.8) is 0 Å². The predicted octanol–water partition coefficient (Wildman–Crippen LogP) is 18.6. The van der Waals surface area contributed by atoms with E-state index in [-0.39, 0.29) is 45.3 Å². The molecule has 5 aliphatic heterocycles. The normalized spacial score (nSPS) is 15.0. The second kappa shape index (κ2) is 34.0. The Kier molecular flexibility index (Phi) is 26.0. The van der Waals surface area contributed by atoms with Crippen LogP contribution in [0.1, 0.15) is 182 Å². The molecule has 497 valence electrons. The van der Waals surface area contributed by atoms with E-state index in [4.69, 9.17) is 33.7 Å². The summed E-state index contributed by atoms with van der Waals surface area (Å²) < 4.78 is 30.1. The molecular weight excluding hydrogens is 1220 g/mol. The zero-order chi connectivity index (χ0) is 65.9. The van der Waals surface area contributed by atoms with Gasteiger partial charge in [-0.15, -0.1) is 0 Å². The van der Waals surface area contributed by atoms with Gasteiger partial charge in [0, 0.05) is 19.6 Å². The Labute approximate surface area is 571 Å². The Balaban J connectivity index is 0.000000243. The molecule has 1 radical (unpaired) electrons. The molecule has 0 spiro atoms. The number of amides is 3. The Bertz CT molecular complexity index is 3400. The van der Waals surface area contributed by atoms with Gasteiger partial charge in [-0.1, -0.05) is 229 Å². The van der Waals surface area contributed by atoms with Gasteiger partial charge in [0.05, 0.1) is 74.4 Å². The summed E-state index contributed by atoms with van der Waals surface area (Å²) in [5.41, 5.74) is 13.8. The molecule has 11 nitrogen and oxygen atoms in total. The monoisotopic (exact) mass is 1310 g/mol. The zero-order valence-electron chi connectivity index (χ0n) is 57.0. The quantitative estimate of drug-likeness (QED) is 0.0572. The number of hydrogen-bond donors (Lipinski definition) is 0. The maximum absolute atomic E-state index is 12.6. The van der Waals surface area contributed by atoms with Crippen LogP contribution in [0.4, 0.5) is 4.79 Å². The molecule has 1 saturated heterocycles. The van der Waals surface area contributed by atoms with Crippen LogP contribution in [0.2, 0.25) is 0 Å². The zero-order valence-corrected chi connectivity index (χ0v) is 57.9. The molecule has 2 aromatic heterocycles. The predicted molar refractivity (Wildman–Crippen MR) is 375 cm³/mol. The van der Waals surface area contributed by atoms with Crippen LogP contribution in [-0.4, -0.2) is 71.2 Å². The number of urea groups is 1. The molecule has 0 atom stereocenters. The fourth-order valence-corrected chi connectivity index (χ4v) is 12.0. The van der Waals surface area contributed by atoms with E-state index in [0.717, 1.165) is 82.8 Å². The summed E-state index contributed by atoms with van der Waals surface area (Å²) in [6.45, 7) is 29.1. The van der Waals surface area contributed by atoms with Gasteiger partial charge < -0.3 is 28.6 Å². The van der Waals surface area contributed by atoms with Gasteiger partial charge in [0.1, 0.15) is 17.2 Å². The average Bonchev–Trinajstić information content (AvgIpc) is 0.840. The molecule has 0 saturated carbocycles. The van der Waals surface area contributed by atoms with Crippen molar-refractivity contribution in [3.8, 4) is 28.6 Å². The van der Waals surface area contributed by atoms with Gasteiger partial charge in [-0.3, -0.25) is 9.69 Å². The van der Waals surface area contributed by atoms with Gasteiger partial charge in [-0.2, -0.15) is 0 Å². The van der Waals surface area contributed by atoms with Crippen LogP contribution in [0.15, 0.2) is 195 Å². The number of aromatic nitrogens is 2. The standard InChI is InChI=1S/C46H56N2O3.C36H42N2O4.Cu/c1-11-41(49)48-31-30-47(42(48)50)29-12-32-51-40-27-25-39(26-28-40)46(36-19-13-33(14-20-36)43(2,3)4,37-21-15-34(16-22-37)44(5,6)7)38-23-17-35(18-24-38)45(8,9)10;1-2-4-6-8-24-42-34-21-17-30(18-22-34)26-40-28-32-12-10-14-36(38-32)35-13-9-11-31(37-35)27-39-25-29-15-19-33(20-16-29)41-23-7-5-3-1;/h11,13-28H,1,12,29-32H2,2-10H3;9-22H,1-8,23-28H2;/q;;+2. The minimum Gasteiger partial charge on any atom is -0.494 e. The van der Waals surface area contributed by atoms with Crippen LogP contribution < -0.4 is 14.2 Å². The molecule has 0 N–H and O–H groups in total. The molecular formula is C82H98CuN4O7+2. The average molecular weight is 1320 g/mol. The molecule has 8 bridgehead atoms. The first-order valence-electron chi connectivity index (χ1n) is 33.6. The number of carbonyl (C=O) groups excluding carboxylic acids is 2. The van der Waals surface area contributed by atoms with Gasteiger partial charge in [0.15, 0.2) is 0 Å². The molecule has 3 amide bonds.